The third kappa shape index (κ3) is 5.52. The molecule has 0 saturated carbocycles. The Hall–Kier alpha value is -3.03. The highest BCUT2D eigenvalue weighted by molar-refractivity contribution is 7.92. The Labute approximate surface area is 181 Å². The van der Waals surface area contributed by atoms with Crippen LogP contribution >= 0.6 is 11.6 Å². The average molecular weight is 445 g/mol. The van der Waals surface area contributed by atoms with E-state index >= 15 is 0 Å². The summed E-state index contributed by atoms with van der Waals surface area (Å²) in [5.41, 5.74) is 1.46. The summed E-state index contributed by atoms with van der Waals surface area (Å²) in [6, 6.07) is 22.0. The van der Waals surface area contributed by atoms with Gasteiger partial charge in [0, 0.05) is 18.6 Å². The van der Waals surface area contributed by atoms with Crippen molar-refractivity contribution in [1.82, 2.24) is 5.32 Å². The molecule has 1 N–H and O–H groups in total. The molecule has 0 fully saturated rings. The van der Waals surface area contributed by atoms with Gasteiger partial charge in [0.2, 0.25) is 0 Å². The van der Waals surface area contributed by atoms with Gasteiger partial charge in [0.1, 0.15) is 5.75 Å². The number of rotatable bonds is 8. The number of ether oxygens (including phenoxy) is 1. The quantitative estimate of drug-likeness (QED) is 0.572. The molecular formula is C22H21ClN2O4S. The average Bonchev–Trinajstić information content (AvgIpc) is 2.77. The minimum absolute atomic E-state index is 0.134. The molecular weight excluding hydrogens is 424 g/mol. The number of hydrogen-bond donors (Lipinski definition) is 1. The summed E-state index contributed by atoms with van der Waals surface area (Å²) < 4.78 is 32.1. The summed E-state index contributed by atoms with van der Waals surface area (Å²) >= 11 is 5.83. The molecule has 156 valence electrons. The summed E-state index contributed by atoms with van der Waals surface area (Å²) in [6.45, 7) is 0.292. The first-order valence-corrected chi connectivity index (χ1v) is 11.0. The van der Waals surface area contributed by atoms with E-state index in [0.29, 0.717) is 23.0 Å². The van der Waals surface area contributed by atoms with Gasteiger partial charge in [-0.2, -0.15) is 0 Å². The molecule has 0 aliphatic heterocycles. The van der Waals surface area contributed by atoms with E-state index in [2.05, 4.69) is 5.32 Å². The van der Waals surface area contributed by atoms with Crippen LogP contribution in [0.3, 0.4) is 0 Å². The zero-order valence-corrected chi connectivity index (χ0v) is 17.9. The predicted molar refractivity (Wildman–Crippen MR) is 117 cm³/mol. The van der Waals surface area contributed by atoms with Gasteiger partial charge in [-0.1, -0.05) is 41.9 Å². The minimum atomic E-state index is -3.71. The highest BCUT2D eigenvalue weighted by Gasteiger charge is 2.21. The van der Waals surface area contributed by atoms with Gasteiger partial charge < -0.3 is 10.1 Å². The van der Waals surface area contributed by atoms with E-state index in [9.17, 15) is 13.2 Å². The van der Waals surface area contributed by atoms with E-state index in [4.69, 9.17) is 16.3 Å². The van der Waals surface area contributed by atoms with Crippen LogP contribution in [0.25, 0.3) is 0 Å². The molecule has 0 heterocycles. The number of nitrogens with zero attached hydrogens (tertiary/aromatic N) is 1. The third-order valence-corrected chi connectivity index (χ3v) is 6.43. The minimum Gasteiger partial charge on any atom is -0.484 e. The molecule has 0 aliphatic rings. The number of hydrogen-bond acceptors (Lipinski definition) is 4. The van der Waals surface area contributed by atoms with Gasteiger partial charge in [-0.3, -0.25) is 9.10 Å². The standard InChI is InChI=1S/C22H21ClN2O4S/c1-25(30(27,28)21-13-7-18(23)8-14-21)19-9-11-20(12-10-19)29-16-22(26)24-15-17-5-3-2-4-6-17/h2-14H,15-16H2,1H3,(H,24,26). The number of carbonyl (C=O) groups excluding carboxylic acids is 1. The highest BCUT2D eigenvalue weighted by atomic mass is 35.5. The second-order valence-electron chi connectivity index (χ2n) is 6.47. The maximum atomic E-state index is 12.7. The summed E-state index contributed by atoms with van der Waals surface area (Å²) in [6.07, 6.45) is 0. The molecule has 0 aromatic heterocycles. The first-order valence-electron chi connectivity index (χ1n) is 9.14. The fourth-order valence-corrected chi connectivity index (χ4v) is 3.97. The fourth-order valence-electron chi connectivity index (χ4n) is 2.65. The van der Waals surface area contributed by atoms with Crippen LogP contribution in [0.1, 0.15) is 5.56 Å². The molecule has 6 nitrogen and oxygen atoms in total. The monoisotopic (exact) mass is 444 g/mol. The number of nitrogens with one attached hydrogen (secondary N) is 1. The molecule has 0 bridgehead atoms. The van der Waals surface area contributed by atoms with Crippen molar-refractivity contribution in [2.45, 2.75) is 11.4 Å². The van der Waals surface area contributed by atoms with Crippen molar-refractivity contribution in [2.75, 3.05) is 18.0 Å². The number of anilines is 1. The number of carbonyl (C=O) groups is 1. The Kier molecular flexibility index (Phi) is 6.97. The molecule has 3 aromatic rings. The zero-order chi connectivity index (χ0) is 21.6. The number of benzene rings is 3. The Balaban J connectivity index is 1.56. The second kappa shape index (κ2) is 9.65. The van der Waals surface area contributed by atoms with Gasteiger partial charge in [0.05, 0.1) is 10.6 Å². The molecule has 8 heteroatoms. The molecule has 0 atom stereocenters. The van der Waals surface area contributed by atoms with E-state index in [-0.39, 0.29) is 17.4 Å². The van der Waals surface area contributed by atoms with E-state index in [0.717, 1.165) is 5.56 Å². The van der Waals surface area contributed by atoms with Crippen molar-refractivity contribution in [3.05, 3.63) is 89.4 Å². The topological polar surface area (TPSA) is 75.7 Å². The van der Waals surface area contributed by atoms with Gasteiger partial charge in [0.25, 0.3) is 15.9 Å². The first-order chi connectivity index (χ1) is 14.4. The van der Waals surface area contributed by atoms with Crippen LogP contribution in [0.5, 0.6) is 5.75 Å². The maximum absolute atomic E-state index is 12.7. The largest absolute Gasteiger partial charge is 0.484 e. The van der Waals surface area contributed by atoms with E-state index < -0.39 is 10.0 Å². The molecule has 0 spiro atoms. The lowest BCUT2D eigenvalue weighted by atomic mass is 10.2. The summed E-state index contributed by atoms with van der Waals surface area (Å²) in [4.78, 5) is 12.1. The number of halogens is 1. The first kappa shape index (κ1) is 21.7. The van der Waals surface area contributed by atoms with E-state index in [1.165, 1.54) is 35.6 Å². The van der Waals surface area contributed by atoms with Crippen LogP contribution in [0.15, 0.2) is 83.8 Å². The molecule has 0 unspecified atom stereocenters. The van der Waals surface area contributed by atoms with Crippen molar-refractivity contribution in [3.63, 3.8) is 0 Å². The number of sulfonamides is 1. The molecule has 0 aliphatic carbocycles. The number of amides is 1. The van der Waals surface area contributed by atoms with Crippen molar-refractivity contribution < 1.29 is 17.9 Å². The van der Waals surface area contributed by atoms with Crippen molar-refractivity contribution in [1.29, 1.82) is 0 Å². The Bertz CT molecular complexity index is 1090. The summed E-state index contributed by atoms with van der Waals surface area (Å²) in [5.74, 6) is 0.219. The molecule has 0 saturated heterocycles. The van der Waals surface area contributed by atoms with Crippen LogP contribution in [0, 0.1) is 0 Å². The van der Waals surface area contributed by atoms with Gasteiger partial charge in [0.15, 0.2) is 6.61 Å². The van der Waals surface area contributed by atoms with Crippen LogP contribution < -0.4 is 14.4 Å². The third-order valence-electron chi connectivity index (χ3n) is 4.37. The second-order valence-corrected chi connectivity index (χ2v) is 8.88. The SMILES string of the molecule is CN(c1ccc(OCC(=O)NCc2ccccc2)cc1)S(=O)(=O)c1ccc(Cl)cc1. The van der Waals surface area contributed by atoms with Crippen molar-refractivity contribution in [2.24, 2.45) is 0 Å². The molecule has 3 rings (SSSR count). The van der Waals surface area contributed by atoms with Crippen LogP contribution in [0.4, 0.5) is 5.69 Å². The highest BCUT2D eigenvalue weighted by Crippen LogP contribution is 2.25. The Morgan fingerprint density at radius 1 is 0.967 bits per heavy atom. The zero-order valence-electron chi connectivity index (χ0n) is 16.3. The van der Waals surface area contributed by atoms with Gasteiger partial charge in [-0.05, 0) is 54.1 Å². The van der Waals surface area contributed by atoms with E-state index in [1.807, 2.05) is 30.3 Å². The fraction of sp³-hybridized carbons (Fsp3) is 0.136. The lowest BCUT2D eigenvalue weighted by molar-refractivity contribution is -0.123. The lowest BCUT2D eigenvalue weighted by Crippen LogP contribution is -2.28. The Morgan fingerprint density at radius 2 is 1.60 bits per heavy atom. The summed E-state index contributed by atoms with van der Waals surface area (Å²) in [5, 5.41) is 3.24. The Morgan fingerprint density at radius 3 is 2.23 bits per heavy atom. The van der Waals surface area contributed by atoms with Gasteiger partial charge in [-0.25, -0.2) is 8.42 Å². The lowest BCUT2D eigenvalue weighted by Gasteiger charge is -2.20. The van der Waals surface area contributed by atoms with E-state index in [1.54, 1.807) is 24.3 Å². The summed E-state index contributed by atoms with van der Waals surface area (Å²) in [7, 11) is -2.24. The van der Waals surface area contributed by atoms with Crippen molar-refractivity contribution in [3.8, 4) is 5.75 Å². The maximum Gasteiger partial charge on any atom is 0.264 e. The normalized spacial score (nSPS) is 11.0. The molecule has 0 radical (unpaired) electrons. The van der Waals surface area contributed by atoms with Crippen LogP contribution in [-0.4, -0.2) is 28.0 Å². The van der Waals surface area contributed by atoms with Gasteiger partial charge >= 0.3 is 0 Å². The van der Waals surface area contributed by atoms with Crippen LogP contribution in [-0.2, 0) is 21.4 Å². The molecule has 1 amide bonds. The molecule has 30 heavy (non-hydrogen) atoms. The predicted octanol–water partition coefficient (Wildman–Crippen LogP) is 3.86. The van der Waals surface area contributed by atoms with Gasteiger partial charge in [-0.15, -0.1) is 0 Å². The van der Waals surface area contributed by atoms with Crippen LogP contribution in [0.2, 0.25) is 5.02 Å². The van der Waals surface area contributed by atoms with Crippen molar-refractivity contribution >= 4 is 33.2 Å². The smallest absolute Gasteiger partial charge is 0.264 e. The molecule has 3 aromatic carbocycles.